The zero-order valence-electron chi connectivity index (χ0n) is 11.9. The van der Waals surface area contributed by atoms with Crippen LogP contribution in [0.25, 0.3) is 0 Å². The van der Waals surface area contributed by atoms with Gasteiger partial charge in [0.25, 0.3) is 0 Å². The molecule has 1 rings (SSSR count). The zero-order valence-corrected chi connectivity index (χ0v) is 13.5. The topological polar surface area (TPSA) is 87.7 Å². The second kappa shape index (κ2) is 7.28. The van der Waals surface area contributed by atoms with Crippen LogP contribution in [0.4, 0.5) is 5.69 Å². The summed E-state index contributed by atoms with van der Waals surface area (Å²) in [5, 5.41) is 14.5. The first kappa shape index (κ1) is 16.5. The molecule has 0 bridgehead atoms. The van der Waals surface area contributed by atoms with Gasteiger partial charge in [0.15, 0.2) is 5.84 Å². The van der Waals surface area contributed by atoms with Crippen molar-refractivity contribution in [2.45, 2.75) is 33.6 Å². The van der Waals surface area contributed by atoms with Gasteiger partial charge in [0.2, 0.25) is 5.91 Å². The van der Waals surface area contributed by atoms with Crippen LogP contribution < -0.4 is 11.1 Å². The van der Waals surface area contributed by atoms with Gasteiger partial charge in [-0.15, -0.1) is 0 Å². The lowest BCUT2D eigenvalue weighted by Crippen LogP contribution is -2.34. The Hall–Kier alpha value is -1.56. The number of nitrogens with zero attached hydrogens (tertiary/aromatic N) is 1. The molecule has 5 nitrogen and oxygen atoms in total. The van der Waals surface area contributed by atoms with Crippen molar-refractivity contribution in [3.05, 3.63) is 27.7 Å². The minimum atomic E-state index is -0.616. The molecular formula is C14H20BrN3O2. The lowest BCUT2D eigenvalue weighted by molar-refractivity contribution is -0.118. The first-order valence-electron chi connectivity index (χ1n) is 6.45. The maximum absolute atomic E-state index is 12.2. The first-order valence-corrected chi connectivity index (χ1v) is 7.25. The maximum Gasteiger partial charge on any atom is 0.235 e. The summed E-state index contributed by atoms with van der Waals surface area (Å²) in [4.78, 5) is 12.2. The molecule has 6 heteroatoms. The van der Waals surface area contributed by atoms with Gasteiger partial charge in [0, 0.05) is 10.2 Å². The van der Waals surface area contributed by atoms with Gasteiger partial charge in [0.1, 0.15) is 0 Å². The molecular weight excluding hydrogens is 322 g/mol. The number of aryl methyl sites for hydroxylation is 2. The minimum absolute atomic E-state index is 0.0603. The summed E-state index contributed by atoms with van der Waals surface area (Å²) in [6.45, 7) is 5.86. The van der Waals surface area contributed by atoms with E-state index in [1.54, 1.807) is 0 Å². The van der Waals surface area contributed by atoms with Gasteiger partial charge in [-0.05, 0) is 43.5 Å². The predicted octanol–water partition coefficient (Wildman–Crippen LogP) is 3.17. The second-order valence-electron chi connectivity index (χ2n) is 4.78. The van der Waals surface area contributed by atoms with E-state index in [0.717, 1.165) is 22.0 Å². The normalized spacial score (nSPS) is 13.1. The van der Waals surface area contributed by atoms with Crippen molar-refractivity contribution < 1.29 is 10.0 Å². The Bertz CT molecular complexity index is 506. The fraction of sp³-hybridized carbons (Fsp3) is 0.429. The van der Waals surface area contributed by atoms with Gasteiger partial charge >= 0.3 is 0 Å². The number of hydrogen-bond donors (Lipinski definition) is 3. The number of carbonyl (C=O) groups excluding carboxylic acids is 1. The van der Waals surface area contributed by atoms with Crippen molar-refractivity contribution in [3.8, 4) is 0 Å². The van der Waals surface area contributed by atoms with Gasteiger partial charge in [-0.1, -0.05) is 34.4 Å². The van der Waals surface area contributed by atoms with Crippen molar-refractivity contribution in [1.29, 1.82) is 0 Å². The standard InChI is InChI=1S/C14H20BrN3O2/c1-4-5-11(13(16)18-20)14(19)17-10-6-8(2)12(15)9(3)7-10/h6-7,11,20H,4-5H2,1-3H3,(H2,16,18)(H,17,19). The molecule has 0 aliphatic carbocycles. The summed E-state index contributed by atoms with van der Waals surface area (Å²) in [5.41, 5.74) is 8.36. The Morgan fingerprint density at radius 3 is 2.45 bits per heavy atom. The Labute approximate surface area is 127 Å². The maximum atomic E-state index is 12.2. The number of rotatable bonds is 5. The van der Waals surface area contributed by atoms with E-state index >= 15 is 0 Å². The van der Waals surface area contributed by atoms with E-state index in [0.29, 0.717) is 12.1 Å². The van der Waals surface area contributed by atoms with Crippen LogP contribution in [0, 0.1) is 19.8 Å². The van der Waals surface area contributed by atoms with Gasteiger partial charge in [-0.2, -0.15) is 0 Å². The van der Waals surface area contributed by atoms with E-state index in [4.69, 9.17) is 10.9 Å². The highest BCUT2D eigenvalue weighted by Crippen LogP contribution is 2.25. The lowest BCUT2D eigenvalue weighted by Gasteiger charge is -2.16. The monoisotopic (exact) mass is 341 g/mol. The van der Waals surface area contributed by atoms with Gasteiger partial charge < -0.3 is 16.3 Å². The molecule has 0 aromatic heterocycles. The third kappa shape index (κ3) is 3.96. The number of carbonyl (C=O) groups is 1. The van der Waals surface area contributed by atoms with Crippen molar-refractivity contribution >= 4 is 33.4 Å². The first-order chi connectivity index (χ1) is 9.40. The number of halogens is 1. The van der Waals surface area contributed by atoms with Crippen LogP contribution in [-0.2, 0) is 4.79 Å². The highest BCUT2D eigenvalue weighted by Gasteiger charge is 2.22. The Balaban J connectivity index is 2.94. The third-order valence-corrected chi connectivity index (χ3v) is 4.32. The molecule has 1 atom stereocenters. The van der Waals surface area contributed by atoms with Crippen LogP contribution in [0.2, 0.25) is 0 Å². The summed E-state index contributed by atoms with van der Waals surface area (Å²) in [7, 11) is 0. The van der Waals surface area contributed by atoms with Crippen LogP contribution in [0.5, 0.6) is 0 Å². The molecule has 1 unspecified atom stereocenters. The largest absolute Gasteiger partial charge is 0.409 e. The number of hydrogen-bond acceptors (Lipinski definition) is 3. The quantitative estimate of drug-likeness (QED) is 0.332. The van der Waals surface area contributed by atoms with Gasteiger partial charge in [-0.3, -0.25) is 4.79 Å². The van der Waals surface area contributed by atoms with Crippen LogP contribution in [-0.4, -0.2) is 17.0 Å². The molecule has 0 heterocycles. The smallest absolute Gasteiger partial charge is 0.235 e. The zero-order chi connectivity index (χ0) is 15.3. The summed E-state index contributed by atoms with van der Waals surface area (Å²) >= 11 is 3.48. The lowest BCUT2D eigenvalue weighted by atomic mass is 10.0. The average molecular weight is 342 g/mol. The number of nitrogens with one attached hydrogen (secondary N) is 1. The average Bonchev–Trinajstić information content (AvgIpc) is 2.41. The van der Waals surface area contributed by atoms with E-state index in [9.17, 15) is 4.79 Å². The highest BCUT2D eigenvalue weighted by atomic mass is 79.9. The third-order valence-electron chi connectivity index (χ3n) is 3.07. The minimum Gasteiger partial charge on any atom is -0.409 e. The summed E-state index contributed by atoms with van der Waals surface area (Å²) < 4.78 is 1.03. The molecule has 20 heavy (non-hydrogen) atoms. The van der Waals surface area contributed by atoms with Gasteiger partial charge in [0.05, 0.1) is 5.92 Å². The van der Waals surface area contributed by atoms with E-state index < -0.39 is 5.92 Å². The molecule has 1 amide bonds. The summed E-state index contributed by atoms with van der Waals surface area (Å²) in [6, 6.07) is 3.76. The molecule has 0 radical (unpaired) electrons. The fourth-order valence-electron chi connectivity index (χ4n) is 2.02. The summed E-state index contributed by atoms with van der Waals surface area (Å²) in [5.74, 6) is -0.938. The molecule has 0 aliphatic heterocycles. The number of anilines is 1. The number of benzene rings is 1. The molecule has 4 N–H and O–H groups in total. The van der Waals surface area contributed by atoms with Crippen molar-refractivity contribution in [3.63, 3.8) is 0 Å². The second-order valence-corrected chi connectivity index (χ2v) is 5.57. The van der Waals surface area contributed by atoms with E-state index in [-0.39, 0.29) is 11.7 Å². The Morgan fingerprint density at radius 2 is 2.00 bits per heavy atom. The highest BCUT2D eigenvalue weighted by molar-refractivity contribution is 9.10. The number of oxime groups is 1. The van der Waals surface area contributed by atoms with E-state index in [1.165, 1.54) is 0 Å². The molecule has 1 aromatic carbocycles. The fourth-order valence-corrected chi connectivity index (χ4v) is 2.25. The van der Waals surface area contributed by atoms with Crippen LogP contribution in [0.15, 0.2) is 21.8 Å². The predicted molar refractivity (Wildman–Crippen MR) is 84.1 cm³/mol. The summed E-state index contributed by atoms with van der Waals surface area (Å²) in [6.07, 6.45) is 1.31. The van der Waals surface area contributed by atoms with Crippen molar-refractivity contribution in [2.75, 3.05) is 5.32 Å². The van der Waals surface area contributed by atoms with Crippen molar-refractivity contribution in [2.24, 2.45) is 16.8 Å². The molecule has 1 aromatic rings. The molecule has 0 spiro atoms. The van der Waals surface area contributed by atoms with Crippen LogP contribution >= 0.6 is 15.9 Å². The molecule has 0 saturated heterocycles. The number of nitrogens with two attached hydrogens (primary N) is 1. The van der Waals surface area contributed by atoms with E-state index in [1.807, 2.05) is 32.9 Å². The molecule has 0 saturated carbocycles. The Kier molecular flexibility index (Phi) is 6.01. The number of amides is 1. The van der Waals surface area contributed by atoms with Gasteiger partial charge in [-0.25, -0.2) is 0 Å². The van der Waals surface area contributed by atoms with Crippen molar-refractivity contribution in [1.82, 2.24) is 0 Å². The molecule has 0 fully saturated rings. The van der Waals surface area contributed by atoms with Crippen LogP contribution in [0.3, 0.4) is 0 Å². The van der Waals surface area contributed by atoms with E-state index in [2.05, 4.69) is 26.4 Å². The number of amidine groups is 1. The Morgan fingerprint density at radius 1 is 1.45 bits per heavy atom. The molecule has 110 valence electrons. The molecule has 0 aliphatic rings. The van der Waals surface area contributed by atoms with Crippen LogP contribution in [0.1, 0.15) is 30.9 Å². The SMILES string of the molecule is CCCC(C(=O)Nc1cc(C)c(Br)c(C)c1)/C(N)=N/O.